The molecule has 0 spiro atoms. The fraction of sp³-hybridized carbons (Fsp3) is 0.300. The number of nitrogens with zero attached hydrogens (tertiary/aromatic N) is 4. The molecule has 0 amide bonds. The first-order valence-corrected chi connectivity index (χ1v) is 5.44. The summed E-state index contributed by atoms with van der Waals surface area (Å²) in [5.41, 5.74) is 1.49. The molecule has 4 nitrogen and oxygen atoms in total. The monoisotopic (exact) mass is 254 g/mol. The van der Waals surface area contributed by atoms with E-state index in [4.69, 9.17) is 28.5 Å². The van der Waals surface area contributed by atoms with E-state index in [1.165, 1.54) is 10.7 Å². The molecule has 0 atom stereocenters. The van der Waals surface area contributed by atoms with Crippen LogP contribution in [0.5, 0.6) is 0 Å². The van der Waals surface area contributed by atoms with Gasteiger partial charge >= 0.3 is 0 Å². The topological polar surface area (TPSA) is 54.0 Å². The highest BCUT2D eigenvalue weighted by molar-refractivity contribution is 6.35. The molecule has 0 N–H and O–H groups in total. The summed E-state index contributed by atoms with van der Waals surface area (Å²) < 4.78 is 1.43. The highest BCUT2D eigenvalue weighted by Crippen LogP contribution is 2.31. The van der Waals surface area contributed by atoms with Crippen molar-refractivity contribution in [1.29, 1.82) is 5.26 Å². The standard InChI is InChI=1S/C10H8Cl2N4/c1-5(2)7-8(11)15-10-6(3-13)4-14-16(10)9(7)12/h4-5H,1-2H3. The first kappa shape index (κ1) is 11.2. The molecule has 82 valence electrons. The number of halogens is 2. The Morgan fingerprint density at radius 2 is 2.12 bits per heavy atom. The zero-order chi connectivity index (χ0) is 11.9. The fourth-order valence-electron chi connectivity index (χ4n) is 1.50. The Morgan fingerprint density at radius 3 is 2.69 bits per heavy atom. The van der Waals surface area contributed by atoms with Crippen LogP contribution >= 0.6 is 23.2 Å². The van der Waals surface area contributed by atoms with E-state index in [0.29, 0.717) is 21.5 Å². The second kappa shape index (κ2) is 3.93. The molecule has 0 unspecified atom stereocenters. The normalized spacial score (nSPS) is 11.0. The summed E-state index contributed by atoms with van der Waals surface area (Å²) >= 11 is 12.2. The Balaban J connectivity index is 2.86. The Labute approximate surface area is 102 Å². The molecule has 0 saturated carbocycles. The van der Waals surface area contributed by atoms with Crippen LogP contribution in [-0.4, -0.2) is 14.6 Å². The Morgan fingerprint density at radius 1 is 1.44 bits per heavy atom. The van der Waals surface area contributed by atoms with E-state index < -0.39 is 0 Å². The Kier molecular flexibility index (Phi) is 2.75. The minimum absolute atomic E-state index is 0.145. The number of nitriles is 1. The second-order valence-electron chi connectivity index (χ2n) is 3.67. The van der Waals surface area contributed by atoms with Crippen molar-refractivity contribution in [2.45, 2.75) is 19.8 Å². The number of hydrogen-bond donors (Lipinski definition) is 0. The van der Waals surface area contributed by atoms with Crippen molar-refractivity contribution in [2.75, 3.05) is 0 Å². The van der Waals surface area contributed by atoms with Crippen LogP contribution in [0.1, 0.15) is 30.9 Å². The summed E-state index contributed by atoms with van der Waals surface area (Å²) in [4.78, 5) is 4.15. The van der Waals surface area contributed by atoms with Crippen LogP contribution in [-0.2, 0) is 0 Å². The SMILES string of the molecule is CC(C)c1c(Cl)nc2c(C#N)cnn2c1Cl. The lowest BCUT2D eigenvalue weighted by Gasteiger charge is -2.10. The average molecular weight is 255 g/mol. The smallest absolute Gasteiger partial charge is 0.176 e. The molecule has 0 saturated heterocycles. The lowest BCUT2D eigenvalue weighted by atomic mass is 10.1. The van der Waals surface area contributed by atoms with Gasteiger partial charge in [-0.1, -0.05) is 37.0 Å². The molecule has 0 radical (unpaired) electrons. The lowest BCUT2D eigenvalue weighted by Crippen LogP contribution is -2.01. The van der Waals surface area contributed by atoms with Gasteiger partial charge in [-0.05, 0) is 5.92 Å². The van der Waals surface area contributed by atoms with Crippen LogP contribution in [0.3, 0.4) is 0 Å². The maximum Gasteiger partial charge on any atom is 0.176 e. The molecule has 0 bridgehead atoms. The first-order chi connectivity index (χ1) is 7.56. The van der Waals surface area contributed by atoms with Gasteiger partial charge in [0, 0.05) is 5.56 Å². The summed E-state index contributed by atoms with van der Waals surface area (Å²) in [5, 5.41) is 13.6. The third-order valence-electron chi connectivity index (χ3n) is 2.28. The zero-order valence-electron chi connectivity index (χ0n) is 8.70. The fourth-order valence-corrected chi connectivity index (χ4v) is 2.37. The average Bonchev–Trinajstić information content (AvgIpc) is 2.60. The van der Waals surface area contributed by atoms with Gasteiger partial charge in [0.05, 0.1) is 6.20 Å². The van der Waals surface area contributed by atoms with Crippen molar-refractivity contribution in [3.63, 3.8) is 0 Å². The zero-order valence-corrected chi connectivity index (χ0v) is 10.2. The van der Waals surface area contributed by atoms with Crippen LogP contribution in [0.15, 0.2) is 6.20 Å². The Bertz CT molecular complexity index is 595. The number of fused-ring (bicyclic) bond motifs is 1. The van der Waals surface area contributed by atoms with E-state index in [0.717, 1.165) is 5.56 Å². The molecule has 2 heterocycles. The molecular weight excluding hydrogens is 247 g/mol. The van der Waals surface area contributed by atoms with Crippen molar-refractivity contribution < 1.29 is 0 Å². The van der Waals surface area contributed by atoms with Crippen molar-refractivity contribution in [3.8, 4) is 6.07 Å². The van der Waals surface area contributed by atoms with Gasteiger partial charge in [0.2, 0.25) is 0 Å². The Hall–Kier alpha value is -1.31. The van der Waals surface area contributed by atoms with Gasteiger partial charge in [-0.2, -0.15) is 10.4 Å². The number of rotatable bonds is 1. The van der Waals surface area contributed by atoms with Crippen LogP contribution in [0.4, 0.5) is 0 Å². The molecule has 0 aliphatic heterocycles. The molecule has 2 aromatic rings. The quantitative estimate of drug-likeness (QED) is 0.736. The maximum atomic E-state index is 8.86. The van der Waals surface area contributed by atoms with Crippen molar-refractivity contribution in [2.24, 2.45) is 0 Å². The minimum atomic E-state index is 0.145. The molecule has 6 heteroatoms. The number of hydrogen-bond acceptors (Lipinski definition) is 3. The van der Waals surface area contributed by atoms with Crippen LogP contribution in [0.25, 0.3) is 5.65 Å². The summed E-state index contributed by atoms with van der Waals surface area (Å²) in [6.45, 7) is 3.94. The minimum Gasteiger partial charge on any atom is -0.215 e. The van der Waals surface area contributed by atoms with Gasteiger partial charge < -0.3 is 0 Å². The summed E-state index contributed by atoms with van der Waals surface area (Å²) in [5.74, 6) is 0.145. The molecule has 0 aliphatic rings. The summed E-state index contributed by atoms with van der Waals surface area (Å²) in [6, 6.07) is 1.99. The largest absolute Gasteiger partial charge is 0.215 e. The molecule has 0 aromatic carbocycles. The summed E-state index contributed by atoms with van der Waals surface area (Å²) in [6.07, 6.45) is 1.43. The van der Waals surface area contributed by atoms with E-state index in [1.807, 2.05) is 19.9 Å². The van der Waals surface area contributed by atoms with Crippen molar-refractivity contribution in [3.05, 3.63) is 27.6 Å². The molecule has 16 heavy (non-hydrogen) atoms. The maximum absolute atomic E-state index is 8.86. The molecule has 0 fully saturated rings. The van der Waals surface area contributed by atoms with Crippen molar-refractivity contribution in [1.82, 2.24) is 14.6 Å². The van der Waals surface area contributed by atoms with E-state index >= 15 is 0 Å². The second-order valence-corrected chi connectivity index (χ2v) is 4.38. The predicted molar refractivity (Wildman–Crippen MR) is 61.8 cm³/mol. The molecular formula is C10H8Cl2N4. The first-order valence-electron chi connectivity index (χ1n) is 4.69. The lowest BCUT2D eigenvalue weighted by molar-refractivity contribution is 0.822. The van der Waals surface area contributed by atoms with E-state index in [2.05, 4.69) is 10.1 Å². The van der Waals surface area contributed by atoms with Gasteiger partial charge in [-0.25, -0.2) is 9.50 Å². The van der Waals surface area contributed by atoms with Crippen LogP contribution in [0.2, 0.25) is 10.3 Å². The van der Waals surface area contributed by atoms with E-state index in [9.17, 15) is 0 Å². The van der Waals surface area contributed by atoms with Crippen LogP contribution < -0.4 is 0 Å². The van der Waals surface area contributed by atoms with Gasteiger partial charge in [-0.3, -0.25) is 0 Å². The predicted octanol–water partition coefficient (Wildman–Crippen LogP) is 3.03. The molecule has 0 aliphatic carbocycles. The highest BCUT2D eigenvalue weighted by Gasteiger charge is 2.18. The van der Waals surface area contributed by atoms with Gasteiger partial charge in [-0.15, -0.1) is 0 Å². The van der Waals surface area contributed by atoms with Crippen LogP contribution in [0, 0.1) is 11.3 Å². The molecule has 2 aromatic heterocycles. The molecule has 2 rings (SSSR count). The van der Waals surface area contributed by atoms with E-state index in [-0.39, 0.29) is 5.92 Å². The van der Waals surface area contributed by atoms with Gasteiger partial charge in [0.15, 0.2) is 5.65 Å². The van der Waals surface area contributed by atoms with Gasteiger partial charge in [0.1, 0.15) is 21.9 Å². The van der Waals surface area contributed by atoms with E-state index in [1.54, 1.807) is 0 Å². The van der Waals surface area contributed by atoms with Gasteiger partial charge in [0.25, 0.3) is 0 Å². The highest BCUT2D eigenvalue weighted by atomic mass is 35.5. The third-order valence-corrected chi connectivity index (χ3v) is 2.93. The number of aromatic nitrogens is 3. The summed E-state index contributed by atoms with van der Waals surface area (Å²) in [7, 11) is 0. The third kappa shape index (κ3) is 1.53. The van der Waals surface area contributed by atoms with Crippen molar-refractivity contribution >= 4 is 28.8 Å².